The molecule has 1 amide bonds. The van der Waals surface area contributed by atoms with E-state index < -0.39 is 16.1 Å². The van der Waals surface area contributed by atoms with E-state index in [-0.39, 0.29) is 16.7 Å². The van der Waals surface area contributed by atoms with Crippen LogP contribution >= 0.6 is 11.8 Å². The number of para-hydroxylation sites is 1. The zero-order chi connectivity index (χ0) is 20.9. The van der Waals surface area contributed by atoms with E-state index in [1.165, 1.54) is 23.9 Å². The standard InChI is InChI=1S/C20H26N2O4S2/c1-13(2)20(23)21-17-12-15(10-11-19(17)27-5)28(24,25)22-14(3)16-8-6-7-9-18(16)26-4/h6-14,22H,1-5H3,(H,21,23)/t14-/m1/s1. The lowest BCUT2D eigenvalue weighted by molar-refractivity contribution is -0.118. The minimum absolute atomic E-state index is 0.0890. The summed E-state index contributed by atoms with van der Waals surface area (Å²) in [5.74, 6) is 0.235. The predicted octanol–water partition coefficient (Wildman–Crippen LogP) is 4.05. The van der Waals surface area contributed by atoms with Gasteiger partial charge in [-0.05, 0) is 37.4 Å². The Morgan fingerprint density at radius 3 is 2.39 bits per heavy atom. The molecule has 152 valence electrons. The highest BCUT2D eigenvalue weighted by Gasteiger charge is 2.22. The topological polar surface area (TPSA) is 84.5 Å². The third kappa shape index (κ3) is 5.27. The SMILES string of the molecule is COc1ccccc1[C@@H](C)NS(=O)(=O)c1ccc(SC)c(NC(=O)C(C)C)c1. The van der Waals surface area contributed by atoms with Crippen LogP contribution in [0.4, 0.5) is 5.69 Å². The fourth-order valence-corrected chi connectivity index (χ4v) is 4.40. The molecular weight excluding hydrogens is 396 g/mol. The van der Waals surface area contributed by atoms with Gasteiger partial charge >= 0.3 is 0 Å². The van der Waals surface area contributed by atoms with Crippen LogP contribution in [0.3, 0.4) is 0 Å². The molecule has 6 nitrogen and oxygen atoms in total. The van der Waals surface area contributed by atoms with Crippen molar-refractivity contribution in [2.24, 2.45) is 5.92 Å². The normalized spacial score (nSPS) is 12.6. The third-order valence-electron chi connectivity index (χ3n) is 4.20. The van der Waals surface area contributed by atoms with Crippen LogP contribution in [0.5, 0.6) is 5.75 Å². The highest BCUT2D eigenvalue weighted by atomic mass is 32.2. The molecule has 0 aromatic heterocycles. The molecule has 0 aliphatic carbocycles. The van der Waals surface area contributed by atoms with Crippen LogP contribution in [0.15, 0.2) is 52.3 Å². The highest BCUT2D eigenvalue weighted by molar-refractivity contribution is 7.98. The van der Waals surface area contributed by atoms with E-state index in [2.05, 4.69) is 10.0 Å². The van der Waals surface area contributed by atoms with Crippen LogP contribution in [0.25, 0.3) is 0 Å². The molecule has 0 bridgehead atoms. The lowest BCUT2D eigenvalue weighted by atomic mass is 10.1. The molecule has 8 heteroatoms. The maximum Gasteiger partial charge on any atom is 0.241 e. The van der Waals surface area contributed by atoms with Crippen LogP contribution in [0, 0.1) is 5.92 Å². The molecule has 2 rings (SSSR count). The summed E-state index contributed by atoms with van der Waals surface area (Å²) in [5.41, 5.74) is 1.22. The largest absolute Gasteiger partial charge is 0.496 e. The summed E-state index contributed by atoms with van der Waals surface area (Å²) in [5, 5.41) is 2.80. The van der Waals surface area contributed by atoms with Gasteiger partial charge in [-0.25, -0.2) is 13.1 Å². The van der Waals surface area contributed by atoms with Gasteiger partial charge in [0.25, 0.3) is 0 Å². The number of thioether (sulfide) groups is 1. The zero-order valence-electron chi connectivity index (χ0n) is 16.6. The molecule has 2 aromatic rings. The number of rotatable bonds is 8. The van der Waals surface area contributed by atoms with Gasteiger partial charge in [-0.2, -0.15) is 0 Å². The van der Waals surface area contributed by atoms with Crippen LogP contribution in [-0.2, 0) is 14.8 Å². The summed E-state index contributed by atoms with van der Waals surface area (Å²) in [6.07, 6.45) is 1.87. The van der Waals surface area contributed by atoms with Gasteiger partial charge in [-0.1, -0.05) is 32.0 Å². The van der Waals surface area contributed by atoms with Gasteiger partial charge in [0, 0.05) is 22.4 Å². The summed E-state index contributed by atoms with van der Waals surface area (Å²) in [6, 6.07) is 11.5. The molecular formula is C20H26N2O4S2. The van der Waals surface area contributed by atoms with Crippen molar-refractivity contribution in [3.63, 3.8) is 0 Å². The Kier molecular flexibility index (Phi) is 7.51. The molecule has 0 saturated carbocycles. The number of anilines is 1. The number of carbonyl (C=O) groups excluding carboxylic acids is 1. The Morgan fingerprint density at radius 1 is 1.11 bits per heavy atom. The number of hydrogen-bond donors (Lipinski definition) is 2. The first kappa shape index (κ1) is 22.3. The Bertz CT molecular complexity index is 943. The van der Waals surface area contributed by atoms with E-state index in [9.17, 15) is 13.2 Å². The van der Waals surface area contributed by atoms with Crippen molar-refractivity contribution in [3.8, 4) is 5.75 Å². The summed E-state index contributed by atoms with van der Waals surface area (Å²) in [7, 11) is -2.26. The van der Waals surface area contributed by atoms with Gasteiger partial charge in [0.15, 0.2) is 0 Å². The van der Waals surface area contributed by atoms with Crippen LogP contribution < -0.4 is 14.8 Å². The van der Waals surface area contributed by atoms with Crippen LogP contribution in [0.2, 0.25) is 0 Å². The Morgan fingerprint density at radius 2 is 1.79 bits per heavy atom. The van der Waals surface area contributed by atoms with Crippen molar-refractivity contribution < 1.29 is 17.9 Å². The smallest absolute Gasteiger partial charge is 0.241 e. The summed E-state index contributed by atoms with van der Waals surface area (Å²) in [4.78, 5) is 13.0. The molecule has 0 radical (unpaired) electrons. The second-order valence-corrected chi connectivity index (χ2v) is 9.15. The van der Waals surface area contributed by atoms with Gasteiger partial charge in [-0.3, -0.25) is 4.79 Å². The van der Waals surface area contributed by atoms with Gasteiger partial charge in [0.1, 0.15) is 5.75 Å². The van der Waals surface area contributed by atoms with Gasteiger partial charge in [-0.15, -0.1) is 11.8 Å². The first-order valence-corrected chi connectivity index (χ1v) is 11.5. The van der Waals surface area contributed by atoms with Gasteiger partial charge in [0.05, 0.1) is 17.7 Å². The lowest BCUT2D eigenvalue weighted by Gasteiger charge is -2.18. The summed E-state index contributed by atoms with van der Waals surface area (Å²) < 4.78 is 33.8. The molecule has 0 spiro atoms. The summed E-state index contributed by atoms with van der Waals surface area (Å²) >= 11 is 1.44. The molecule has 0 aliphatic heterocycles. The molecule has 2 N–H and O–H groups in total. The van der Waals surface area contributed by atoms with Crippen molar-refractivity contribution in [2.75, 3.05) is 18.7 Å². The number of methoxy groups -OCH3 is 1. The quantitative estimate of drug-likeness (QED) is 0.627. The molecule has 2 aromatic carbocycles. The van der Waals surface area contributed by atoms with Crippen molar-refractivity contribution in [1.29, 1.82) is 0 Å². The van der Waals surface area contributed by atoms with Crippen molar-refractivity contribution in [1.82, 2.24) is 4.72 Å². The average Bonchev–Trinajstić information content (AvgIpc) is 2.67. The zero-order valence-corrected chi connectivity index (χ0v) is 18.3. The number of carbonyl (C=O) groups is 1. The number of amides is 1. The molecule has 0 unspecified atom stereocenters. The summed E-state index contributed by atoms with van der Waals surface area (Å²) in [6.45, 7) is 5.32. The van der Waals surface area contributed by atoms with E-state index >= 15 is 0 Å². The number of hydrogen-bond acceptors (Lipinski definition) is 5. The van der Waals surface area contributed by atoms with E-state index in [1.54, 1.807) is 40.0 Å². The van der Waals surface area contributed by atoms with Crippen molar-refractivity contribution >= 4 is 33.4 Å². The second-order valence-electron chi connectivity index (χ2n) is 6.59. The van der Waals surface area contributed by atoms with Gasteiger partial charge < -0.3 is 10.1 Å². The van der Waals surface area contributed by atoms with E-state index in [0.717, 1.165) is 10.5 Å². The average molecular weight is 423 g/mol. The Balaban J connectivity index is 2.33. The fraction of sp³-hybridized carbons (Fsp3) is 0.350. The number of ether oxygens (including phenoxy) is 1. The number of benzene rings is 2. The molecule has 1 atom stereocenters. The second kappa shape index (κ2) is 9.45. The minimum Gasteiger partial charge on any atom is -0.496 e. The molecule has 0 aliphatic rings. The lowest BCUT2D eigenvalue weighted by Crippen LogP contribution is -2.27. The highest BCUT2D eigenvalue weighted by Crippen LogP contribution is 2.30. The van der Waals surface area contributed by atoms with Crippen LogP contribution in [-0.4, -0.2) is 27.7 Å². The van der Waals surface area contributed by atoms with Crippen molar-refractivity contribution in [2.45, 2.75) is 36.6 Å². The first-order chi connectivity index (χ1) is 13.2. The van der Waals surface area contributed by atoms with E-state index in [0.29, 0.717) is 11.4 Å². The molecule has 0 heterocycles. The Hall–Kier alpha value is -2.03. The monoisotopic (exact) mass is 422 g/mol. The maximum absolute atomic E-state index is 12.9. The third-order valence-corrected chi connectivity index (χ3v) is 6.54. The van der Waals surface area contributed by atoms with Gasteiger partial charge in [0.2, 0.25) is 15.9 Å². The molecule has 0 fully saturated rings. The molecule has 0 saturated heterocycles. The van der Waals surface area contributed by atoms with E-state index in [1.807, 2.05) is 24.5 Å². The number of sulfonamides is 1. The number of nitrogens with one attached hydrogen (secondary N) is 2. The molecule has 28 heavy (non-hydrogen) atoms. The fourth-order valence-electron chi connectivity index (χ4n) is 2.62. The van der Waals surface area contributed by atoms with Crippen LogP contribution in [0.1, 0.15) is 32.4 Å². The van der Waals surface area contributed by atoms with E-state index in [4.69, 9.17) is 4.74 Å². The van der Waals surface area contributed by atoms with Crippen molar-refractivity contribution in [3.05, 3.63) is 48.0 Å². The predicted molar refractivity (Wildman–Crippen MR) is 113 cm³/mol. The first-order valence-electron chi connectivity index (χ1n) is 8.83. The minimum atomic E-state index is -3.80. The maximum atomic E-state index is 12.9. The Labute approximate surface area is 171 Å².